The van der Waals surface area contributed by atoms with Crippen molar-refractivity contribution in [3.8, 4) is 5.69 Å². The Morgan fingerprint density at radius 2 is 1.63 bits per heavy atom. The molecule has 6 nitrogen and oxygen atoms in total. The van der Waals surface area contributed by atoms with E-state index in [2.05, 4.69) is 10.3 Å². The van der Waals surface area contributed by atoms with E-state index in [1.54, 1.807) is 6.07 Å². The number of rotatable bonds is 4. The number of carbonyl (C=O) groups is 1. The molecular weight excluding hydrogens is 340 g/mol. The van der Waals surface area contributed by atoms with Gasteiger partial charge >= 0.3 is 0 Å². The number of hydrogen-bond donors (Lipinski definition) is 2. The molecule has 0 atom stereocenters. The highest BCUT2D eigenvalue weighted by Crippen LogP contribution is 2.25. The van der Waals surface area contributed by atoms with Crippen LogP contribution in [0.3, 0.4) is 0 Å². The van der Waals surface area contributed by atoms with Crippen molar-refractivity contribution in [2.45, 2.75) is 0 Å². The summed E-state index contributed by atoms with van der Waals surface area (Å²) >= 11 is 0. The number of carbonyl (C=O) groups excluding carboxylic acids is 1. The first kappa shape index (κ1) is 16.5. The van der Waals surface area contributed by atoms with Crippen LogP contribution in [0.25, 0.3) is 16.6 Å². The van der Waals surface area contributed by atoms with Crippen molar-refractivity contribution in [1.82, 2.24) is 9.55 Å². The maximum Gasteiger partial charge on any atom is 0.267 e. The summed E-state index contributed by atoms with van der Waals surface area (Å²) < 4.78 is 1.87. The molecule has 0 radical (unpaired) electrons. The van der Waals surface area contributed by atoms with Gasteiger partial charge in [-0.25, -0.2) is 0 Å². The van der Waals surface area contributed by atoms with Gasteiger partial charge in [0.25, 0.3) is 5.91 Å². The van der Waals surface area contributed by atoms with E-state index in [-0.39, 0.29) is 11.1 Å². The summed E-state index contributed by atoms with van der Waals surface area (Å²) in [5, 5.41) is 3.68. The average Bonchev–Trinajstić information content (AvgIpc) is 2.69. The third-order valence-corrected chi connectivity index (χ3v) is 4.21. The predicted octanol–water partition coefficient (Wildman–Crippen LogP) is 3.23. The quantitative estimate of drug-likeness (QED) is 0.587. The predicted molar refractivity (Wildman–Crippen MR) is 106 cm³/mol. The summed E-state index contributed by atoms with van der Waals surface area (Å²) in [7, 11) is 0. The number of nitrogens with two attached hydrogens (primary N) is 1. The van der Waals surface area contributed by atoms with Gasteiger partial charge in [-0.15, -0.1) is 0 Å². The zero-order valence-electron chi connectivity index (χ0n) is 14.3. The van der Waals surface area contributed by atoms with Crippen molar-refractivity contribution in [1.29, 1.82) is 0 Å². The molecule has 4 aromatic rings. The summed E-state index contributed by atoms with van der Waals surface area (Å²) in [6.45, 7) is 0. The van der Waals surface area contributed by atoms with E-state index in [0.29, 0.717) is 16.7 Å². The SMILES string of the molecule is NC(=O)c1cc2c(cn1)c(=O)cc(Nc1ccccc1)n2-c1ccccc1. The fraction of sp³-hybridized carbons (Fsp3) is 0. The number of hydrogen-bond acceptors (Lipinski definition) is 4. The first-order chi connectivity index (χ1) is 13.1. The van der Waals surface area contributed by atoms with Crippen LogP contribution in [0.2, 0.25) is 0 Å². The maximum absolute atomic E-state index is 12.6. The Balaban J connectivity index is 2.04. The van der Waals surface area contributed by atoms with Crippen molar-refractivity contribution in [3.05, 3.63) is 94.9 Å². The van der Waals surface area contributed by atoms with E-state index in [4.69, 9.17) is 5.73 Å². The number of nitrogens with zero attached hydrogens (tertiary/aromatic N) is 2. The number of amides is 1. The van der Waals surface area contributed by atoms with Crippen LogP contribution in [0.4, 0.5) is 11.5 Å². The standard InChI is InChI=1S/C21H16N4O2/c22-21(27)17-11-18-16(13-23-17)19(26)12-20(24-14-7-3-1-4-8-14)25(18)15-9-5-2-6-10-15/h1-13,24H,(H2,22,27). The average molecular weight is 356 g/mol. The van der Waals surface area contributed by atoms with Crippen LogP contribution in [-0.2, 0) is 0 Å². The Labute approximate surface area is 154 Å². The number of benzene rings is 2. The topological polar surface area (TPSA) is 90.0 Å². The highest BCUT2D eigenvalue weighted by molar-refractivity contribution is 5.95. The van der Waals surface area contributed by atoms with Crippen LogP contribution in [0.15, 0.2) is 83.8 Å². The molecule has 2 heterocycles. The molecule has 6 heteroatoms. The van der Waals surface area contributed by atoms with E-state index in [0.717, 1.165) is 11.4 Å². The molecule has 0 spiro atoms. The molecule has 0 aliphatic carbocycles. The second kappa shape index (κ2) is 6.76. The van der Waals surface area contributed by atoms with Crippen LogP contribution in [0, 0.1) is 0 Å². The van der Waals surface area contributed by atoms with Gasteiger partial charge in [-0.3, -0.25) is 19.1 Å². The molecule has 27 heavy (non-hydrogen) atoms. The normalized spacial score (nSPS) is 10.7. The summed E-state index contributed by atoms with van der Waals surface area (Å²) in [6.07, 6.45) is 1.39. The lowest BCUT2D eigenvalue weighted by atomic mass is 10.2. The molecule has 0 aliphatic rings. The monoisotopic (exact) mass is 356 g/mol. The molecule has 0 aliphatic heterocycles. The highest BCUT2D eigenvalue weighted by Gasteiger charge is 2.14. The van der Waals surface area contributed by atoms with Crippen molar-refractivity contribution in [2.24, 2.45) is 5.73 Å². The number of pyridine rings is 2. The number of nitrogens with one attached hydrogen (secondary N) is 1. The number of aromatic nitrogens is 2. The Hall–Kier alpha value is -3.93. The smallest absolute Gasteiger partial charge is 0.267 e. The highest BCUT2D eigenvalue weighted by atomic mass is 16.1. The summed E-state index contributed by atoms with van der Waals surface area (Å²) in [4.78, 5) is 28.3. The van der Waals surface area contributed by atoms with Crippen molar-refractivity contribution in [3.63, 3.8) is 0 Å². The summed E-state index contributed by atoms with van der Waals surface area (Å²) in [6, 6.07) is 22.2. The van der Waals surface area contributed by atoms with Gasteiger partial charge in [0.15, 0.2) is 5.43 Å². The Kier molecular flexibility index (Phi) is 4.14. The molecule has 2 aromatic carbocycles. The van der Waals surface area contributed by atoms with Gasteiger partial charge in [-0.1, -0.05) is 36.4 Å². The van der Waals surface area contributed by atoms with Crippen LogP contribution < -0.4 is 16.5 Å². The largest absolute Gasteiger partial charge is 0.364 e. The Morgan fingerprint density at radius 1 is 0.963 bits per heavy atom. The van der Waals surface area contributed by atoms with Crippen molar-refractivity contribution < 1.29 is 4.79 Å². The van der Waals surface area contributed by atoms with Gasteiger partial charge in [-0.05, 0) is 30.3 Å². The van der Waals surface area contributed by atoms with Crippen LogP contribution in [-0.4, -0.2) is 15.5 Å². The molecular formula is C21H16N4O2. The van der Waals surface area contributed by atoms with E-state index in [1.165, 1.54) is 12.3 Å². The maximum atomic E-state index is 12.6. The first-order valence-electron chi connectivity index (χ1n) is 8.36. The third-order valence-electron chi connectivity index (χ3n) is 4.21. The second-order valence-corrected chi connectivity index (χ2v) is 6.01. The van der Waals surface area contributed by atoms with Gasteiger partial charge in [0.1, 0.15) is 11.5 Å². The molecule has 0 saturated heterocycles. The Morgan fingerprint density at radius 3 is 2.30 bits per heavy atom. The molecule has 0 fully saturated rings. The molecule has 1 amide bonds. The molecule has 4 rings (SSSR count). The van der Waals surface area contributed by atoms with E-state index in [1.807, 2.05) is 65.2 Å². The lowest BCUT2D eigenvalue weighted by molar-refractivity contribution is 0.0995. The molecule has 132 valence electrons. The van der Waals surface area contributed by atoms with Crippen molar-refractivity contribution >= 4 is 28.3 Å². The van der Waals surface area contributed by atoms with Crippen LogP contribution in [0.1, 0.15) is 10.5 Å². The fourth-order valence-corrected chi connectivity index (χ4v) is 2.97. The number of anilines is 2. The van der Waals surface area contributed by atoms with Gasteiger partial charge in [0, 0.05) is 23.6 Å². The minimum absolute atomic E-state index is 0.100. The second-order valence-electron chi connectivity index (χ2n) is 6.01. The van der Waals surface area contributed by atoms with E-state index < -0.39 is 5.91 Å². The lowest BCUT2D eigenvalue weighted by Crippen LogP contribution is -2.16. The van der Waals surface area contributed by atoms with Crippen LogP contribution in [0.5, 0.6) is 0 Å². The van der Waals surface area contributed by atoms with Crippen LogP contribution >= 0.6 is 0 Å². The minimum Gasteiger partial charge on any atom is -0.364 e. The minimum atomic E-state index is -0.648. The number of primary amides is 1. The molecule has 0 bridgehead atoms. The first-order valence-corrected chi connectivity index (χ1v) is 8.36. The number of fused-ring (bicyclic) bond motifs is 1. The zero-order valence-corrected chi connectivity index (χ0v) is 14.3. The summed E-state index contributed by atoms with van der Waals surface area (Å²) in [5.41, 5.74) is 7.52. The van der Waals surface area contributed by atoms with Gasteiger partial charge in [0.2, 0.25) is 0 Å². The van der Waals surface area contributed by atoms with Gasteiger partial charge in [-0.2, -0.15) is 0 Å². The third kappa shape index (κ3) is 3.16. The lowest BCUT2D eigenvalue weighted by Gasteiger charge is -2.18. The molecule has 3 N–H and O–H groups in total. The number of para-hydroxylation sites is 2. The zero-order chi connectivity index (χ0) is 18.8. The van der Waals surface area contributed by atoms with Crippen molar-refractivity contribution in [2.75, 3.05) is 5.32 Å². The fourth-order valence-electron chi connectivity index (χ4n) is 2.97. The van der Waals surface area contributed by atoms with Gasteiger partial charge < -0.3 is 11.1 Å². The summed E-state index contributed by atoms with van der Waals surface area (Å²) in [5.74, 6) is -0.0723. The van der Waals surface area contributed by atoms with E-state index in [9.17, 15) is 9.59 Å². The van der Waals surface area contributed by atoms with Gasteiger partial charge in [0.05, 0.1) is 10.9 Å². The molecule has 2 aromatic heterocycles. The molecule has 0 unspecified atom stereocenters. The Bertz CT molecular complexity index is 1190. The van der Waals surface area contributed by atoms with E-state index >= 15 is 0 Å². The molecule has 0 saturated carbocycles.